The fourth-order valence-electron chi connectivity index (χ4n) is 4.66. The third-order valence-corrected chi connectivity index (χ3v) is 6.71. The number of nitrogens with zero attached hydrogens (tertiary/aromatic N) is 6. The van der Waals surface area contributed by atoms with Crippen LogP contribution in [0.15, 0.2) is 36.7 Å². The number of carbonyl (C=O) groups is 2. The van der Waals surface area contributed by atoms with Gasteiger partial charge in [-0.3, -0.25) is 10.00 Å². The molecule has 3 heterocycles. The Balaban J connectivity index is 1.52. The fraction of sp³-hybridized carbons (Fsp3) is 0.484. The highest BCUT2D eigenvalue weighted by Gasteiger charge is 2.31. The second-order valence-corrected chi connectivity index (χ2v) is 12.6. The number of aromatic amines is 1. The van der Waals surface area contributed by atoms with E-state index in [0.717, 1.165) is 18.4 Å². The van der Waals surface area contributed by atoms with Crippen LogP contribution in [0.4, 0.5) is 26.9 Å². The number of aromatic nitrogens is 4. The normalized spacial score (nSPS) is 14.0. The molecule has 0 radical (unpaired) electrons. The molecule has 0 bridgehead atoms. The lowest BCUT2D eigenvalue weighted by molar-refractivity contribution is 0.0182. The number of hydrogen-bond donors (Lipinski definition) is 2. The van der Waals surface area contributed by atoms with Crippen molar-refractivity contribution in [1.29, 1.82) is 5.26 Å². The molecule has 1 fully saturated rings. The number of benzene rings is 1. The van der Waals surface area contributed by atoms with E-state index >= 15 is 0 Å². The molecule has 2 aromatic heterocycles. The van der Waals surface area contributed by atoms with Crippen LogP contribution >= 0.6 is 0 Å². The van der Waals surface area contributed by atoms with Gasteiger partial charge in [-0.2, -0.15) is 10.4 Å². The van der Waals surface area contributed by atoms with Crippen LogP contribution in [0, 0.1) is 17.2 Å². The predicted molar refractivity (Wildman–Crippen MR) is 165 cm³/mol. The number of nitriles is 1. The first kappa shape index (κ1) is 32.1. The van der Waals surface area contributed by atoms with Crippen molar-refractivity contribution < 1.29 is 23.8 Å². The number of piperidine rings is 1. The molecule has 234 valence electrons. The lowest BCUT2D eigenvalue weighted by Crippen LogP contribution is -2.45. The van der Waals surface area contributed by atoms with E-state index < -0.39 is 17.3 Å². The molecule has 0 spiro atoms. The largest absolute Gasteiger partial charge is 0.496 e. The van der Waals surface area contributed by atoms with Crippen molar-refractivity contribution in [3.63, 3.8) is 0 Å². The number of hydrogen-bond acceptors (Lipinski definition) is 10. The zero-order chi connectivity index (χ0) is 32.1. The molecule has 0 saturated carbocycles. The molecule has 1 saturated heterocycles. The summed E-state index contributed by atoms with van der Waals surface area (Å²) < 4.78 is 17.0. The van der Waals surface area contributed by atoms with Gasteiger partial charge in [0.15, 0.2) is 11.5 Å². The average Bonchev–Trinajstić information content (AvgIpc) is 3.42. The summed E-state index contributed by atoms with van der Waals surface area (Å²) in [4.78, 5) is 37.5. The smallest absolute Gasteiger partial charge is 0.414 e. The maximum Gasteiger partial charge on any atom is 0.414 e. The highest BCUT2D eigenvalue weighted by atomic mass is 16.6. The van der Waals surface area contributed by atoms with Gasteiger partial charge in [0.25, 0.3) is 0 Å². The van der Waals surface area contributed by atoms with Gasteiger partial charge in [-0.1, -0.05) is 0 Å². The summed E-state index contributed by atoms with van der Waals surface area (Å²) in [6.45, 7) is 12.6. The number of carbonyl (C=O) groups excluding carboxylic acids is 2. The highest BCUT2D eigenvalue weighted by Crippen LogP contribution is 2.35. The van der Waals surface area contributed by atoms with Crippen molar-refractivity contribution in [3.8, 4) is 23.1 Å². The van der Waals surface area contributed by atoms with Crippen LogP contribution in [0.5, 0.6) is 5.75 Å². The topological polar surface area (TPSA) is 159 Å². The molecule has 1 aliphatic rings. The number of H-pyrrole nitrogens is 1. The lowest BCUT2D eigenvalue weighted by Gasteiger charge is -2.36. The van der Waals surface area contributed by atoms with Gasteiger partial charge in [-0.05, 0) is 72.4 Å². The van der Waals surface area contributed by atoms with E-state index in [2.05, 4.69) is 25.5 Å². The molecular weight excluding hydrogens is 564 g/mol. The molecule has 2 amide bonds. The van der Waals surface area contributed by atoms with E-state index in [0.29, 0.717) is 48.4 Å². The molecule has 0 aliphatic carbocycles. The maximum absolute atomic E-state index is 13.5. The van der Waals surface area contributed by atoms with Crippen LogP contribution in [-0.4, -0.2) is 75.2 Å². The van der Waals surface area contributed by atoms with Crippen molar-refractivity contribution >= 4 is 29.5 Å². The summed E-state index contributed by atoms with van der Waals surface area (Å²) in [5, 5.41) is 19.3. The second kappa shape index (κ2) is 13.2. The minimum Gasteiger partial charge on any atom is -0.496 e. The van der Waals surface area contributed by atoms with Crippen LogP contribution in [0.3, 0.4) is 0 Å². The Hall–Kier alpha value is -4.86. The standard InChI is InChI=1S/C31H40N8O5/c1-30(2,3)43-28(40)38-12-10-20(11-13-38)19-39(29(41)44-31(4,5)6)22-8-9-23(25(14-22)42-7)24-15-26(37-36-24)35-27-18-33-21(16-32)17-34-27/h8-9,14-15,17-18,20H,10-13,19H2,1-7H3,(H2,34,35,36,37). The van der Waals surface area contributed by atoms with Crippen molar-refractivity contribution in [3.05, 3.63) is 42.4 Å². The Morgan fingerprint density at radius 1 is 1.05 bits per heavy atom. The Morgan fingerprint density at radius 3 is 2.34 bits per heavy atom. The van der Waals surface area contributed by atoms with Gasteiger partial charge in [0, 0.05) is 37.3 Å². The molecule has 44 heavy (non-hydrogen) atoms. The number of likely N-dealkylation sites (tertiary alicyclic amines) is 1. The van der Waals surface area contributed by atoms with Crippen molar-refractivity contribution in [1.82, 2.24) is 25.1 Å². The van der Waals surface area contributed by atoms with Gasteiger partial charge in [0.1, 0.15) is 28.8 Å². The Labute approximate surface area is 257 Å². The van der Waals surface area contributed by atoms with Gasteiger partial charge in [-0.25, -0.2) is 19.6 Å². The van der Waals surface area contributed by atoms with E-state index in [-0.39, 0.29) is 17.7 Å². The SMILES string of the molecule is COc1cc(N(CC2CCN(C(=O)OC(C)(C)C)CC2)C(=O)OC(C)(C)C)ccc1-c1cc(Nc2cnc(C#N)cn2)n[nH]1. The highest BCUT2D eigenvalue weighted by molar-refractivity contribution is 5.89. The quantitative estimate of drug-likeness (QED) is 0.333. The number of nitrogens with one attached hydrogen (secondary N) is 2. The minimum atomic E-state index is -0.682. The van der Waals surface area contributed by atoms with Crippen molar-refractivity contribution in [2.24, 2.45) is 5.92 Å². The lowest BCUT2D eigenvalue weighted by atomic mass is 9.96. The van der Waals surface area contributed by atoms with Gasteiger partial charge in [0.2, 0.25) is 0 Å². The molecule has 0 unspecified atom stereocenters. The number of ether oxygens (including phenoxy) is 3. The van der Waals surface area contributed by atoms with Crippen LogP contribution in [0.2, 0.25) is 0 Å². The summed E-state index contributed by atoms with van der Waals surface area (Å²) in [7, 11) is 1.56. The van der Waals surface area contributed by atoms with Gasteiger partial charge >= 0.3 is 12.2 Å². The summed E-state index contributed by atoms with van der Waals surface area (Å²) in [5.41, 5.74) is 1.02. The third-order valence-electron chi connectivity index (χ3n) is 6.71. The summed E-state index contributed by atoms with van der Waals surface area (Å²) in [5.74, 6) is 1.62. The van der Waals surface area contributed by atoms with E-state index in [9.17, 15) is 9.59 Å². The first-order valence-electron chi connectivity index (χ1n) is 14.5. The third kappa shape index (κ3) is 8.59. The number of rotatable bonds is 7. The predicted octanol–water partition coefficient (Wildman–Crippen LogP) is 5.88. The number of methoxy groups -OCH3 is 1. The van der Waals surface area contributed by atoms with Crippen LogP contribution < -0.4 is 15.0 Å². The number of anilines is 3. The second-order valence-electron chi connectivity index (χ2n) is 12.6. The summed E-state index contributed by atoms with van der Waals surface area (Å²) >= 11 is 0. The zero-order valence-corrected chi connectivity index (χ0v) is 26.3. The average molecular weight is 605 g/mol. The molecule has 4 rings (SSSR count). The molecule has 0 atom stereocenters. The molecule has 13 heteroatoms. The van der Waals surface area contributed by atoms with E-state index in [4.69, 9.17) is 19.5 Å². The van der Waals surface area contributed by atoms with Gasteiger partial charge in [-0.15, -0.1) is 0 Å². The molecular formula is C31H40N8O5. The molecule has 1 aromatic carbocycles. The van der Waals surface area contributed by atoms with Crippen LogP contribution in [-0.2, 0) is 9.47 Å². The van der Waals surface area contributed by atoms with Gasteiger partial charge < -0.3 is 24.4 Å². The number of amides is 2. The Kier molecular flexibility index (Phi) is 9.62. The van der Waals surface area contributed by atoms with Crippen molar-refractivity contribution in [2.75, 3.05) is 37.0 Å². The molecule has 13 nitrogen and oxygen atoms in total. The Morgan fingerprint density at radius 2 is 1.75 bits per heavy atom. The summed E-state index contributed by atoms with van der Waals surface area (Å²) in [6.07, 6.45) is 3.50. The van der Waals surface area contributed by atoms with E-state index in [1.165, 1.54) is 12.4 Å². The Bertz CT molecular complexity index is 1490. The monoisotopic (exact) mass is 604 g/mol. The maximum atomic E-state index is 13.5. The molecule has 2 N–H and O–H groups in total. The van der Waals surface area contributed by atoms with Crippen LogP contribution in [0.1, 0.15) is 60.1 Å². The van der Waals surface area contributed by atoms with Crippen LogP contribution in [0.25, 0.3) is 11.3 Å². The molecule has 1 aliphatic heterocycles. The first-order valence-corrected chi connectivity index (χ1v) is 14.5. The first-order chi connectivity index (χ1) is 20.7. The molecule has 3 aromatic rings. The van der Waals surface area contributed by atoms with Gasteiger partial charge in [0.05, 0.1) is 30.9 Å². The summed E-state index contributed by atoms with van der Waals surface area (Å²) in [6, 6.07) is 9.23. The fourth-order valence-corrected chi connectivity index (χ4v) is 4.66. The van der Waals surface area contributed by atoms with E-state index in [1.54, 1.807) is 29.0 Å². The van der Waals surface area contributed by atoms with Crippen molar-refractivity contribution in [2.45, 2.75) is 65.6 Å². The van der Waals surface area contributed by atoms with E-state index in [1.807, 2.05) is 59.7 Å². The minimum absolute atomic E-state index is 0.151. The zero-order valence-electron chi connectivity index (χ0n) is 26.3.